The number of ether oxygens (including phenoxy) is 1. The SMILES string of the molecule is COc1ccccc1Cn1c(=O)c2ccccc2n2c(SC(C)C(=O)NCc3ccccc3)nnc12. The molecule has 2 heterocycles. The summed E-state index contributed by atoms with van der Waals surface area (Å²) in [5.41, 5.74) is 2.41. The number of nitrogens with one attached hydrogen (secondary N) is 1. The summed E-state index contributed by atoms with van der Waals surface area (Å²) < 4.78 is 8.93. The lowest BCUT2D eigenvalue weighted by molar-refractivity contribution is -0.120. The van der Waals surface area contributed by atoms with Crippen molar-refractivity contribution in [2.45, 2.75) is 30.4 Å². The van der Waals surface area contributed by atoms with Crippen LogP contribution in [-0.4, -0.2) is 37.4 Å². The number of thioether (sulfide) groups is 1. The molecule has 0 bridgehead atoms. The Kier molecular flexibility index (Phi) is 6.73. The van der Waals surface area contributed by atoms with E-state index in [-0.39, 0.29) is 18.0 Å². The maximum Gasteiger partial charge on any atom is 0.263 e. The van der Waals surface area contributed by atoms with Gasteiger partial charge >= 0.3 is 0 Å². The molecule has 0 aliphatic carbocycles. The molecular weight excluding hydrogens is 474 g/mol. The molecule has 1 atom stereocenters. The Balaban J connectivity index is 1.50. The van der Waals surface area contributed by atoms with E-state index in [2.05, 4.69) is 15.5 Å². The van der Waals surface area contributed by atoms with Gasteiger partial charge in [-0.15, -0.1) is 10.2 Å². The summed E-state index contributed by atoms with van der Waals surface area (Å²) in [6.07, 6.45) is 0. The van der Waals surface area contributed by atoms with E-state index >= 15 is 0 Å². The summed E-state index contributed by atoms with van der Waals surface area (Å²) >= 11 is 1.30. The third kappa shape index (κ3) is 4.57. The fourth-order valence-electron chi connectivity index (χ4n) is 4.10. The van der Waals surface area contributed by atoms with E-state index in [0.717, 1.165) is 11.1 Å². The molecule has 5 aromatic rings. The Morgan fingerprint density at radius 1 is 1.00 bits per heavy atom. The third-order valence-electron chi connectivity index (χ3n) is 5.96. The summed E-state index contributed by atoms with van der Waals surface area (Å²) in [6, 6.07) is 24.7. The van der Waals surface area contributed by atoms with E-state index < -0.39 is 5.25 Å². The molecule has 0 saturated heterocycles. The molecule has 0 spiro atoms. The van der Waals surface area contributed by atoms with Gasteiger partial charge < -0.3 is 10.1 Å². The van der Waals surface area contributed by atoms with Gasteiger partial charge in [0, 0.05) is 12.1 Å². The number of rotatable bonds is 8. The van der Waals surface area contributed by atoms with Gasteiger partial charge in [0.05, 0.1) is 29.8 Å². The van der Waals surface area contributed by atoms with Crippen LogP contribution in [0.1, 0.15) is 18.1 Å². The monoisotopic (exact) mass is 499 g/mol. The number of carbonyl (C=O) groups is 1. The predicted molar refractivity (Wildman–Crippen MR) is 140 cm³/mol. The minimum atomic E-state index is -0.422. The van der Waals surface area contributed by atoms with Crippen LogP contribution in [0.15, 0.2) is 88.8 Å². The number of hydrogen-bond acceptors (Lipinski definition) is 6. The highest BCUT2D eigenvalue weighted by Gasteiger charge is 2.22. The molecule has 1 unspecified atom stereocenters. The number of fused-ring (bicyclic) bond motifs is 3. The topological polar surface area (TPSA) is 90.5 Å². The van der Waals surface area contributed by atoms with E-state index in [0.29, 0.717) is 34.1 Å². The van der Waals surface area contributed by atoms with Crippen LogP contribution in [0.25, 0.3) is 16.7 Å². The Morgan fingerprint density at radius 2 is 1.72 bits per heavy atom. The Bertz CT molecular complexity index is 1600. The number of carbonyl (C=O) groups excluding carboxylic acids is 1. The van der Waals surface area contributed by atoms with Crippen LogP contribution >= 0.6 is 11.8 Å². The maximum atomic E-state index is 13.5. The molecule has 0 fully saturated rings. The predicted octanol–water partition coefficient (Wildman–Crippen LogP) is 3.90. The smallest absolute Gasteiger partial charge is 0.263 e. The lowest BCUT2D eigenvalue weighted by Crippen LogP contribution is -2.30. The molecule has 3 aromatic carbocycles. The molecule has 1 amide bonds. The molecule has 0 radical (unpaired) electrons. The van der Waals surface area contributed by atoms with Crippen molar-refractivity contribution in [3.63, 3.8) is 0 Å². The van der Waals surface area contributed by atoms with Crippen molar-refractivity contribution in [2.24, 2.45) is 0 Å². The number of aromatic nitrogens is 4. The van der Waals surface area contributed by atoms with E-state index in [1.54, 1.807) is 17.7 Å². The first-order valence-electron chi connectivity index (χ1n) is 11.5. The highest BCUT2D eigenvalue weighted by molar-refractivity contribution is 8.00. The first-order valence-corrected chi connectivity index (χ1v) is 12.4. The van der Waals surface area contributed by atoms with Crippen molar-refractivity contribution < 1.29 is 9.53 Å². The van der Waals surface area contributed by atoms with Gasteiger partial charge in [-0.25, -0.2) is 0 Å². The van der Waals surface area contributed by atoms with Crippen LogP contribution in [-0.2, 0) is 17.9 Å². The zero-order valence-electron chi connectivity index (χ0n) is 19.9. The zero-order valence-corrected chi connectivity index (χ0v) is 20.7. The standard InChI is InChI=1S/C27H25N5O3S/c1-18(24(33)28-16-19-10-4-3-5-11-19)36-27-30-29-26-31(17-20-12-6-9-15-23(20)35-2)25(34)21-13-7-8-14-22(21)32(26)27/h3-15,18H,16-17H2,1-2H3,(H,28,33). The molecule has 0 aliphatic heterocycles. The molecule has 0 saturated carbocycles. The summed E-state index contributed by atoms with van der Waals surface area (Å²) in [6.45, 7) is 2.55. The second-order valence-corrected chi connectivity index (χ2v) is 9.61. The van der Waals surface area contributed by atoms with Crippen molar-refractivity contribution in [3.8, 4) is 5.75 Å². The fourth-order valence-corrected chi connectivity index (χ4v) is 4.98. The van der Waals surface area contributed by atoms with E-state index in [9.17, 15) is 9.59 Å². The van der Waals surface area contributed by atoms with Crippen LogP contribution in [0.3, 0.4) is 0 Å². The highest BCUT2D eigenvalue weighted by atomic mass is 32.2. The summed E-state index contributed by atoms with van der Waals surface area (Å²) in [7, 11) is 1.60. The average Bonchev–Trinajstić information content (AvgIpc) is 3.33. The van der Waals surface area contributed by atoms with Crippen LogP contribution in [0.5, 0.6) is 5.75 Å². The second kappa shape index (κ2) is 10.2. The van der Waals surface area contributed by atoms with E-state index in [1.807, 2.05) is 84.1 Å². The number of para-hydroxylation sites is 2. The van der Waals surface area contributed by atoms with Gasteiger partial charge in [0.25, 0.3) is 5.56 Å². The summed E-state index contributed by atoms with van der Waals surface area (Å²) in [5, 5.41) is 12.4. The van der Waals surface area contributed by atoms with Crippen LogP contribution in [0.2, 0.25) is 0 Å². The maximum absolute atomic E-state index is 13.5. The zero-order chi connectivity index (χ0) is 25.1. The first-order chi connectivity index (χ1) is 17.6. The van der Waals surface area contributed by atoms with Crippen LogP contribution in [0.4, 0.5) is 0 Å². The highest BCUT2D eigenvalue weighted by Crippen LogP contribution is 2.26. The Morgan fingerprint density at radius 3 is 2.53 bits per heavy atom. The second-order valence-electron chi connectivity index (χ2n) is 8.30. The van der Waals surface area contributed by atoms with Gasteiger partial charge in [-0.2, -0.15) is 0 Å². The van der Waals surface area contributed by atoms with Gasteiger partial charge in [0.2, 0.25) is 11.7 Å². The summed E-state index contributed by atoms with van der Waals surface area (Å²) in [4.78, 5) is 26.3. The number of benzene rings is 3. The molecule has 182 valence electrons. The van der Waals surface area contributed by atoms with E-state index in [4.69, 9.17) is 4.74 Å². The number of methoxy groups -OCH3 is 1. The number of nitrogens with zero attached hydrogens (tertiary/aromatic N) is 4. The van der Waals surface area contributed by atoms with Gasteiger partial charge in [-0.3, -0.25) is 18.6 Å². The molecule has 9 heteroatoms. The average molecular weight is 500 g/mol. The molecule has 36 heavy (non-hydrogen) atoms. The normalized spacial score (nSPS) is 12.1. The number of hydrogen-bond donors (Lipinski definition) is 1. The first kappa shape index (κ1) is 23.6. The molecule has 1 N–H and O–H groups in total. The van der Waals surface area contributed by atoms with Crippen molar-refractivity contribution >= 4 is 34.3 Å². The fraction of sp³-hybridized carbons (Fsp3) is 0.185. The lowest BCUT2D eigenvalue weighted by atomic mass is 10.2. The van der Waals surface area contributed by atoms with Gasteiger partial charge in [-0.1, -0.05) is 72.4 Å². The third-order valence-corrected chi connectivity index (χ3v) is 7.00. The van der Waals surface area contributed by atoms with Crippen molar-refractivity contribution in [3.05, 3.63) is 100 Å². The Labute approximate surface area is 211 Å². The minimum Gasteiger partial charge on any atom is -0.496 e. The van der Waals surface area contributed by atoms with Gasteiger partial charge in [0.1, 0.15) is 5.75 Å². The molecular formula is C27H25N5O3S. The minimum absolute atomic E-state index is 0.104. The largest absolute Gasteiger partial charge is 0.496 e. The quantitative estimate of drug-likeness (QED) is 0.326. The van der Waals surface area contributed by atoms with Crippen LogP contribution in [0, 0.1) is 0 Å². The lowest BCUT2D eigenvalue weighted by Gasteiger charge is -2.14. The van der Waals surface area contributed by atoms with Crippen molar-refractivity contribution in [2.75, 3.05) is 7.11 Å². The molecule has 0 aliphatic rings. The molecule has 5 rings (SSSR count). The van der Waals surface area contributed by atoms with Crippen molar-refractivity contribution in [1.29, 1.82) is 0 Å². The van der Waals surface area contributed by atoms with E-state index in [1.165, 1.54) is 11.8 Å². The number of amides is 1. The molecule has 8 nitrogen and oxygen atoms in total. The van der Waals surface area contributed by atoms with Gasteiger partial charge in [-0.05, 0) is 30.7 Å². The molecule has 2 aromatic heterocycles. The Hall–Kier alpha value is -4.11. The van der Waals surface area contributed by atoms with Gasteiger partial charge in [0.15, 0.2) is 5.16 Å². The van der Waals surface area contributed by atoms with Crippen LogP contribution < -0.4 is 15.6 Å². The van der Waals surface area contributed by atoms with Crippen molar-refractivity contribution in [1.82, 2.24) is 24.5 Å². The summed E-state index contributed by atoms with van der Waals surface area (Å²) in [5.74, 6) is 0.991.